The lowest BCUT2D eigenvalue weighted by atomic mass is 10.0. The van der Waals surface area contributed by atoms with Gasteiger partial charge in [0.15, 0.2) is 6.61 Å². The Morgan fingerprint density at radius 2 is 1.72 bits per heavy atom. The number of nitrogens with one attached hydrogen (secondary N) is 1. The van der Waals surface area contributed by atoms with Gasteiger partial charge in [-0.1, -0.05) is 74.0 Å². The van der Waals surface area contributed by atoms with Gasteiger partial charge >= 0.3 is 0 Å². The summed E-state index contributed by atoms with van der Waals surface area (Å²) in [6, 6.07) is 20.0. The van der Waals surface area contributed by atoms with E-state index in [2.05, 4.69) is 5.32 Å². The van der Waals surface area contributed by atoms with Crippen LogP contribution in [0.5, 0.6) is 5.75 Å². The van der Waals surface area contributed by atoms with Crippen LogP contribution in [0.25, 0.3) is 0 Å². The summed E-state index contributed by atoms with van der Waals surface area (Å²) >= 11 is 6.09. The summed E-state index contributed by atoms with van der Waals surface area (Å²) < 4.78 is 20.4. The molecule has 0 saturated heterocycles. The van der Waals surface area contributed by atoms with Crippen LogP contribution < -0.4 is 10.1 Å². The van der Waals surface area contributed by atoms with Gasteiger partial charge in [-0.25, -0.2) is 4.39 Å². The van der Waals surface area contributed by atoms with Gasteiger partial charge < -0.3 is 15.0 Å². The molecular weight excluding hydrogens is 479 g/mol. The van der Waals surface area contributed by atoms with Gasteiger partial charge in [0.1, 0.15) is 17.6 Å². The molecule has 0 aliphatic carbocycles. The van der Waals surface area contributed by atoms with Gasteiger partial charge in [0.05, 0.1) is 0 Å². The summed E-state index contributed by atoms with van der Waals surface area (Å²) in [4.78, 5) is 28.3. The fourth-order valence-electron chi connectivity index (χ4n) is 3.72. The van der Waals surface area contributed by atoms with Crippen LogP contribution in [-0.2, 0) is 22.6 Å². The molecule has 0 aromatic heterocycles. The first-order chi connectivity index (χ1) is 17.2. The first kappa shape index (κ1) is 27.2. The fourth-order valence-corrected chi connectivity index (χ4v) is 3.84. The number of halogens is 2. The van der Waals surface area contributed by atoms with Crippen LogP contribution in [0.15, 0.2) is 72.8 Å². The van der Waals surface area contributed by atoms with Crippen LogP contribution in [-0.4, -0.2) is 35.9 Å². The molecule has 1 N–H and O–H groups in total. The molecule has 0 saturated carbocycles. The molecule has 2 amide bonds. The van der Waals surface area contributed by atoms with Gasteiger partial charge in [-0.3, -0.25) is 9.59 Å². The number of benzene rings is 3. The number of amides is 2. The molecule has 0 spiro atoms. The zero-order valence-corrected chi connectivity index (χ0v) is 21.6. The van der Waals surface area contributed by atoms with Crippen molar-refractivity contribution in [2.24, 2.45) is 5.92 Å². The first-order valence-corrected chi connectivity index (χ1v) is 12.4. The summed E-state index contributed by atoms with van der Waals surface area (Å²) in [5.74, 6) is -0.435. The van der Waals surface area contributed by atoms with Crippen molar-refractivity contribution < 1.29 is 18.7 Å². The van der Waals surface area contributed by atoms with E-state index in [0.29, 0.717) is 22.9 Å². The average Bonchev–Trinajstić information content (AvgIpc) is 2.86. The maximum absolute atomic E-state index is 14.6. The number of carbonyl (C=O) groups excluding carboxylic acids is 2. The Kier molecular flexibility index (Phi) is 9.88. The summed E-state index contributed by atoms with van der Waals surface area (Å²) in [7, 11) is 0. The molecule has 5 nitrogen and oxygen atoms in total. The molecule has 7 heteroatoms. The molecule has 0 bridgehead atoms. The quantitative estimate of drug-likeness (QED) is 0.366. The molecule has 190 valence electrons. The van der Waals surface area contributed by atoms with E-state index >= 15 is 0 Å². The molecule has 0 heterocycles. The molecule has 0 fully saturated rings. The fraction of sp³-hybridized carbons (Fsp3) is 0.310. The SMILES string of the molecule is Cc1cc(OCC(=O)N(Cc2ccccc2F)[C@H](Cc2ccccc2)C(=O)NCC(C)C)ccc1Cl. The van der Waals surface area contributed by atoms with E-state index in [1.807, 2.05) is 51.1 Å². The van der Waals surface area contributed by atoms with Crippen LogP contribution >= 0.6 is 11.6 Å². The minimum absolute atomic E-state index is 0.0683. The maximum atomic E-state index is 14.6. The van der Waals surface area contributed by atoms with E-state index < -0.39 is 17.8 Å². The molecule has 3 aromatic carbocycles. The molecule has 0 unspecified atom stereocenters. The van der Waals surface area contributed by atoms with E-state index in [0.717, 1.165) is 11.1 Å². The molecule has 1 atom stereocenters. The van der Waals surface area contributed by atoms with Crippen LogP contribution in [0, 0.1) is 18.7 Å². The second-order valence-corrected chi connectivity index (χ2v) is 9.56. The molecule has 3 rings (SSSR count). The van der Waals surface area contributed by atoms with E-state index in [1.165, 1.54) is 11.0 Å². The molecule has 36 heavy (non-hydrogen) atoms. The highest BCUT2D eigenvalue weighted by Gasteiger charge is 2.31. The molecule has 0 radical (unpaired) electrons. The number of hydrogen-bond donors (Lipinski definition) is 1. The van der Waals surface area contributed by atoms with Gasteiger partial charge in [0.2, 0.25) is 5.91 Å². The zero-order chi connectivity index (χ0) is 26.1. The third-order valence-corrected chi connectivity index (χ3v) is 6.17. The molecule has 3 aromatic rings. The van der Waals surface area contributed by atoms with Crippen molar-refractivity contribution in [2.75, 3.05) is 13.2 Å². The van der Waals surface area contributed by atoms with E-state index in [4.69, 9.17) is 16.3 Å². The van der Waals surface area contributed by atoms with E-state index in [9.17, 15) is 14.0 Å². The van der Waals surface area contributed by atoms with Crippen LogP contribution in [0.4, 0.5) is 4.39 Å². The Balaban J connectivity index is 1.91. The molecule has 0 aliphatic heterocycles. The number of nitrogens with zero attached hydrogens (tertiary/aromatic N) is 1. The topological polar surface area (TPSA) is 58.6 Å². The van der Waals surface area contributed by atoms with Gasteiger partial charge in [-0.2, -0.15) is 0 Å². The third kappa shape index (κ3) is 7.82. The lowest BCUT2D eigenvalue weighted by Crippen LogP contribution is -2.52. The Morgan fingerprint density at radius 1 is 1.03 bits per heavy atom. The van der Waals surface area contributed by atoms with E-state index in [-0.39, 0.29) is 31.4 Å². The lowest BCUT2D eigenvalue weighted by Gasteiger charge is -2.31. The Hall–Kier alpha value is -3.38. The smallest absolute Gasteiger partial charge is 0.261 e. The second kappa shape index (κ2) is 13.1. The zero-order valence-electron chi connectivity index (χ0n) is 20.8. The van der Waals surface area contributed by atoms with Crippen molar-refractivity contribution >= 4 is 23.4 Å². The van der Waals surface area contributed by atoms with Crippen molar-refractivity contribution in [3.8, 4) is 5.75 Å². The summed E-state index contributed by atoms with van der Waals surface area (Å²) in [5, 5.41) is 3.54. The Labute approximate surface area is 217 Å². The van der Waals surface area contributed by atoms with Gasteiger partial charge in [0.25, 0.3) is 5.91 Å². The van der Waals surface area contributed by atoms with Crippen molar-refractivity contribution in [3.05, 3.63) is 100 Å². The van der Waals surface area contributed by atoms with Crippen molar-refractivity contribution in [1.29, 1.82) is 0 Å². The number of rotatable bonds is 11. The van der Waals surface area contributed by atoms with Gasteiger partial charge in [0, 0.05) is 30.1 Å². The van der Waals surface area contributed by atoms with Crippen molar-refractivity contribution in [3.63, 3.8) is 0 Å². The highest BCUT2D eigenvalue weighted by Crippen LogP contribution is 2.22. The predicted octanol–water partition coefficient (Wildman–Crippen LogP) is 5.58. The lowest BCUT2D eigenvalue weighted by molar-refractivity contribution is -0.142. The Bertz CT molecular complexity index is 1170. The summed E-state index contributed by atoms with van der Waals surface area (Å²) in [5.41, 5.74) is 2.03. The minimum atomic E-state index is -0.853. The van der Waals surface area contributed by atoms with Crippen molar-refractivity contribution in [1.82, 2.24) is 10.2 Å². The van der Waals surface area contributed by atoms with Crippen LogP contribution in [0.1, 0.15) is 30.5 Å². The minimum Gasteiger partial charge on any atom is -0.484 e. The van der Waals surface area contributed by atoms with E-state index in [1.54, 1.807) is 36.4 Å². The summed E-state index contributed by atoms with van der Waals surface area (Å²) in [6.45, 7) is 5.93. The van der Waals surface area contributed by atoms with Crippen LogP contribution in [0.2, 0.25) is 5.02 Å². The monoisotopic (exact) mass is 510 g/mol. The number of ether oxygens (including phenoxy) is 1. The van der Waals surface area contributed by atoms with Crippen LogP contribution in [0.3, 0.4) is 0 Å². The molecular formula is C29H32ClFN2O3. The number of aryl methyl sites for hydroxylation is 1. The number of carbonyl (C=O) groups is 2. The summed E-state index contributed by atoms with van der Waals surface area (Å²) in [6.07, 6.45) is 0.283. The molecule has 0 aliphatic rings. The third-order valence-electron chi connectivity index (χ3n) is 5.75. The first-order valence-electron chi connectivity index (χ1n) is 12.0. The second-order valence-electron chi connectivity index (χ2n) is 9.16. The maximum Gasteiger partial charge on any atom is 0.261 e. The number of hydrogen-bond acceptors (Lipinski definition) is 3. The van der Waals surface area contributed by atoms with Gasteiger partial charge in [-0.15, -0.1) is 0 Å². The highest BCUT2D eigenvalue weighted by atomic mass is 35.5. The Morgan fingerprint density at radius 3 is 2.39 bits per heavy atom. The predicted molar refractivity (Wildman–Crippen MR) is 140 cm³/mol. The van der Waals surface area contributed by atoms with Crippen molar-refractivity contribution in [2.45, 2.75) is 39.8 Å². The van der Waals surface area contributed by atoms with Gasteiger partial charge in [-0.05, 0) is 48.2 Å². The normalized spacial score (nSPS) is 11.7. The highest BCUT2D eigenvalue weighted by molar-refractivity contribution is 6.31. The largest absolute Gasteiger partial charge is 0.484 e. The average molecular weight is 511 g/mol. The standard InChI is InChI=1S/C29H32ClFN2O3/c1-20(2)17-32-29(35)27(16-22-9-5-4-6-10-22)33(18-23-11-7-8-12-26(23)31)28(34)19-36-24-13-14-25(30)21(3)15-24/h4-15,20,27H,16-19H2,1-3H3,(H,32,35)/t27-/m1/s1.